The van der Waals surface area contributed by atoms with Gasteiger partial charge >= 0.3 is 0 Å². The number of pyridine rings is 1. The molecule has 1 aromatic heterocycles. The second-order valence-corrected chi connectivity index (χ2v) is 9.67. The smallest absolute Gasteiger partial charge is 0.274 e. The van der Waals surface area contributed by atoms with Crippen molar-refractivity contribution in [1.82, 2.24) is 20.2 Å². The third-order valence-electron chi connectivity index (χ3n) is 7.07. The Kier molecular flexibility index (Phi) is 7.30. The molecule has 1 aromatic rings. The number of hydrogen-bond donors (Lipinski definition) is 3. The molecule has 10 nitrogen and oxygen atoms in total. The lowest BCUT2D eigenvalue weighted by Crippen LogP contribution is -2.38. The predicted molar refractivity (Wildman–Crippen MR) is 137 cm³/mol. The number of aromatic nitrogens is 1. The lowest BCUT2D eigenvalue weighted by Gasteiger charge is -2.37. The number of carbonyl (C=O) groups excluding carboxylic acids is 1. The van der Waals surface area contributed by atoms with E-state index >= 15 is 0 Å². The van der Waals surface area contributed by atoms with Gasteiger partial charge in [0.25, 0.3) is 11.5 Å². The first-order valence-corrected chi connectivity index (χ1v) is 12.1. The van der Waals surface area contributed by atoms with Gasteiger partial charge in [-0.1, -0.05) is 0 Å². The van der Waals surface area contributed by atoms with Crippen LogP contribution in [0.15, 0.2) is 56.5 Å². The van der Waals surface area contributed by atoms with Gasteiger partial charge in [0.1, 0.15) is 23.5 Å². The summed E-state index contributed by atoms with van der Waals surface area (Å²) in [5.74, 6) is 0.618. The van der Waals surface area contributed by atoms with Crippen molar-refractivity contribution in [3.63, 3.8) is 0 Å². The first-order chi connectivity index (χ1) is 17.2. The highest BCUT2D eigenvalue weighted by atomic mass is 19.1. The molecule has 2 fully saturated rings. The fourth-order valence-electron chi connectivity index (χ4n) is 4.69. The van der Waals surface area contributed by atoms with Crippen molar-refractivity contribution in [3.05, 3.63) is 52.0 Å². The van der Waals surface area contributed by atoms with Crippen LogP contribution in [-0.2, 0) is 9.53 Å². The zero-order chi connectivity index (χ0) is 26.0. The zero-order valence-electron chi connectivity index (χ0n) is 21.2. The second kappa shape index (κ2) is 10.3. The quantitative estimate of drug-likeness (QED) is 0.393. The Bertz CT molecular complexity index is 1190. The zero-order valence-corrected chi connectivity index (χ0v) is 21.2. The van der Waals surface area contributed by atoms with E-state index in [1.54, 1.807) is 44.0 Å². The van der Waals surface area contributed by atoms with E-state index in [9.17, 15) is 14.0 Å². The molecule has 3 N–H and O–H groups in total. The molecule has 4 atom stereocenters. The second-order valence-electron chi connectivity index (χ2n) is 9.67. The highest BCUT2D eigenvalue weighted by Crippen LogP contribution is 2.36. The van der Waals surface area contributed by atoms with Gasteiger partial charge in [-0.15, -0.1) is 0 Å². The maximum Gasteiger partial charge on any atom is 0.274 e. The molecule has 0 radical (unpaired) electrons. The number of amidine groups is 1. The Hall–Kier alpha value is -3.47. The molecule has 36 heavy (non-hydrogen) atoms. The largest absolute Gasteiger partial charge is 0.378 e. The fraction of sp³-hybridized carbons (Fsp3) is 0.520. The van der Waals surface area contributed by atoms with Gasteiger partial charge in [0.15, 0.2) is 5.82 Å². The van der Waals surface area contributed by atoms with E-state index < -0.39 is 18.1 Å². The van der Waals surface area contributed by atoms with Crippen LogP contribution >= 0.6 is 0 Å². The molecule has 2 heterocycles. The van der Waals surface area contributed by atoms with Crippen molar-refractivity contribution in [1.29, 1.82) is 0 Å². The summed E-state index contributed by atoms with van der Waals surface area (Å²) in [6, 6.07) is 3.07. The van der Waals surface area contributed by atoms with E-state index in [1.165, 1.54) is 5.01 Å². The number of aliphatic imine (C=N–C) groups is 1. The standard InChI is InChI=1S/C25H34FN7O3/c1-15(23(34)30-19-12-17(19)26)22-31-20(13-21(27-3)33(22)28-4)29-18-9-7-11-32(24(18)35)16-8-6-10-25(2,14-16)36-5/h7,9,11,13,16-17,19,27H,4,6,8,10,12,14H2,1-3,5H3,(H,29,31)(H,30,34)/b22-15+/t16?,17-,19+,25+/m0/s1. The van der Waals surface area contributed by atoms with Crippen molar-refractivity contribution >= 4 is 24.1 Å². The van der Waals surface area contributed by atoms with Gasteiger partial charge < -0.3 is 25.3 Å². The lowest BCUT2D eigenvalue weighted by molar-refractivity contribution is -0.117. The van der Waals surface area contributed by atoms with Crippen LogP contribution in [0.25, 0.3) is 0 Å². The Morgan fingerprint density at radius 2 is 2.17 bits per heavy atom. The summed E-state index contributed by atoms with van der Waals surface area (Å²) in [7, 11) is 3.41. The number of halogens is 1. The van der Waals surface area contributed by atoms with Crippen LogP contribution < -0.4 is 21.5 Å². The van der Waals surface area contributed by atoms with E-state index in [4.69, 9.17) is 4.74 Å². The molecule has 0 aromatic carbocycles. The summed E-state index contributed by atoms with van der Waals surface area (Å²) < 4.78 is 20.8. The highest BCUT2D eigenvalue weighted by Gasteiger charge is 2.39. The van der Waals surface area contributed by atoms with Gasteiger partial charge in [-0.3, -0.25) is 9.59 Å². The summed E-state index contributed by atoms with van der Waals surface area (Å²) in [5.41, 5.74) is 0.170. The van der Waals surface area contributed by atoms with E-state index in [2.05, 4.69) is 39.7 Å². The molecule has 2 aliphatic carbocycles. The molecule has 2 saturated carbocycles. The Morgan fingerprint density at radius 1 is 1.42 bits per heavy atom. The maximum absolute atomic E-state index is 13.4. The number of hydrogen-bond acceptors (Lipinski definition) is 8. The molecule has 1 unspecified atom stereocenters. The minimum atomic E-state index is -1.02. The summed E-state index contributed by atoms with van der Waals surface area (Å²) in [6.07, 6.45) is 6.34. The van der Waals surface area contributed by atoms with Gasteiger partial charge in [-0.2, -0.15) is 10.1 Å². The average molecular weight is 500 g/mol. The average Bonchev–Trinajstić information content (AvgIpc) is 3.57. The van der Waals surface area contributed by atoms with Crippen LogP contribution in [0.5, 0.6) is 0 Å². The first-order valence-electron chi connectivity index (χ1n) is 12.1. The lowest BCUT2D eigenvalue weighted by atomic mass is 9.83. The molecule has 3 aliphatic rings. The maximum atomic E-state index is 13.4. The minimum Gasteiger partial charge on any atom is -0.378 e. The summed E-state index contributed by atoms with van der Waals surface area (Å²) >= 11 is 0. The van der Waals surface area contributed by atoms with Gasteiger partial charge in [0.05, 0.1) is 17.2 Å². The van der Waals surface area contributed by atoms with E-state index in [0.29, 0.717) is 23.8 Å². The van der Waals surface area contributed by atoms with Gasteiger partial charge in [-0.25, -0.2) is 9.38 Å². The number of nitrogens with one attached hydrogen (secondary N) is 3. The van der Waals surface area contributed by atoms with Crippen molar-refractivity contribution in [3.8, 4) is 0 Å². The molecule has 0 spiro atoms. The number of methoxy groups -OCH3 is 1. The monoisotopic (exact) mass is 499 g/mol. The number of hydrazone groups is 1. The molecule has 1 aliphatic heterocycles. The Morgan fingerprint density at radius 3 is 2.81 bits per heavy atom. The third-order valence-corrected chi connectivity index (χ3v) is 7.07. The fourth-order valence-corrected chi connectivity index (χ4v) is 4.69. The summed E-state index contributed by atoms with van der Waals surface area (Å²) in [5, 5.41) is 14.1. The SMILES string of the molecule is C=NN1C(NC)=CC(Nc2cccn(C3CCC[C@@](C)(OC)C3)c2=O)=N/C1=C(/C)C(=O)N[C@@H]1C[C@@H]1F. The van der Waals surface area contributed by atoms with Crippen molar-refractivity contribution in [2.24, 2.45) is 10.1 Å². The molecule has 4 rings (SSSR count). The van der Waals surface area contributed by atoms with E-state index in [-0.39, 0.29) is 28.6 Å². The van der Waals surface area contributed by atoms with Gasteiger partial charge in [0.2, 0.25) is 0 Å². The van der Waals surface area contributed by atoms with Crippen LogP contribution in [0.2, 0.25) is 0 Å². The number of rotatable bonds is 7. The third kappa shape index (κ3) is 5.20. The number of nitrogens with zero attached hydrogens (tertiary/aromatic N) is 4. The molecule has 194 valence electrons. The van der Waals surface area contributed by atoms with E-state index in [0.717, 1.165) is 25.7 Å². The van der Waals surface area contributed by atoms with Crippen LogP contribution in [0.1, 0.15) is 52.0 Å². The molecule has 0 saturated heterocycles. The summed E-state index contributed by atoms with van der Waals surface area (Å²) in [4.78, 5) is 30.7. The predicted octanol–water partition coefficient (Wildman–Crippen LogP) is 2.63. The Balaban J connectivity index is 1.64. The van der Waals surface area contributed by atoms with Gasteiger partial charge in [-0.05, 0) is 51.7 Å². The van der Waals surface area contributed by atoms with Crippen molar-refractivity contribution in [2.45, 2.75) is 69.8 Å². The Labute approximate surface area is 210 Å². The van der Waals surface area contributed by atoms with Crippen molar-refractivity contribution in [2.75, 3.05) is 19.5 Å². The van der Waals surface area contributed by atoms with Gasteiger partial charge in [0, 0.05) is 45.6 Å². The van der Waals surface area contributed by atoms with Crippen LogP contribution in [0.4, 0.5) is 10.1 Å². The summed E-state index contributed by atoms with van der Waals surface area (Å²) in [6.45, 7) is 7.25. The number of ether oxygens (including phenoxy) is 1. The number of alkyl halides is 1. The van der Waals surface area contributed by atoms with E-state index in [1.807, 2.05) is 6.07 Å². The van der Waals surface area contributed by atoms with Crippen molar-refractivity contribution < 1.29 is 13.9 Å². The van der Waals surface area contributed by atoms with Crippen LogP contribution in [-0.4, -0.2) is 60.0 Å². The molecule has 1 amide bonds. The first kappa shape index (κ1) is 25.6. The highest BCUT2D eigenvalue weighted by molar-refractivity contribution is 6.06. The van der Waals surface area contributed by atoms with Crippen LogP contribution in [0, 0.1) is 0 Å². The molecule has 11 heteroatoms. The normalized spacial score (nSPS) is 29.0. The minimum absolute atomic E-state index is 0.0262. The molecular weight excluding hydrogens is 465 g/mol. The van der Waals surface area contributed by atoms with Crippen LogP contribution in [0.3, 0.4) is 0 Å². The number of carbonyl (C=O) groups is 1. The topological polar surface area (TPSA) is 112 Å². The molecular formula is C25H34FN7O3. The number of anilines is 1. The molecule has 0 bridgehead atoms. The number of amides is 1.